The summed E-state index contributed by atoms with van der Waals surface area (Å²) >= 11 is 0. The predicted molar refractivity (Wildman–Crippen MR) is 47.5 cm³/mol. The molecular weight excluding hydrogens is 206 g/mol. The van der Waals surface area contributed by atoms with Crippen molar-refractivity contribution in [3.8, 4) is 0 Å². The Labute approximate surface area is 86.4 Å². The van der Waals surface area contributed by atoms with Crippen LogP contribution in [0.5, 0.6) is 0 Å². The molecule has 0 aromatic rings. The van der Waals surface area contributed by atoms with Crippen molar-refractivity contribution in [1.82, 2.24) is 0 Å². The lowest BCUT2D eigenvalue weighted by molar-refractivity contribution is -0.289. The fourth-order valence-electron chi connectivity index (χ4n) is 1.48. The molecule has 0 aromatic carbocycles. The number of primary amides is 1. The van der Waals surface area contributed by atoms with Crippen LogP contribution < -0.4 is 5.73 Å². The Hall–Kier alpha value is -0.730. The SMILES string of the molecule is CO[C@@H]1OC(CC(N)=O)C(O)[C@H](O)[C@@H]1O. The molecular formula is C8H15NO6. The highest BCUT2D eigenvalue weighted by molar-refractivity contribution is 5.74. The average molecular weight is 221 g/mol. The van der Waals surface area contributed by atoms with E-state index < -0.39 is 36.6 Å². The lowest BCUT2D eigenvalue weighted by atomic mass is 9.97. The van der Waals surface area contributed by atoms with Gasteiger partial charge >= 0.3 is 0 Å². The number of rotatable bonds is 3. The largest absolute Gasteiger partial charge is 0.388 e. The van der Waals surface area contributed by atoms with Crippen LogP contribution in [0.25, 0.3) is 0 Å². The molecule has 1 rings (SSSR count). The van der Waals surface area contributed by atoms with Gasteiger partial charge in [0.25, 0.3) is 0 Å². The van der Waals surface area contributed by atoms with Gasteiger partial charge in [-0.25, -0.2) is 0 Å². The van der Waals surface area contributed by atoms with Gasteiger partial charge in [-0.15, -0.1) is 0 Å². The third-order valence-corrected chi connectivity index (χ3v) is 2.30. The minimum absolute atomic E-state index is 0.245. The minimum atomic E-state index is -1.42. The molecule has 1 amide bonds. The third kappa shape index (κ3) is 2.64. The van der Waals surface area contributed by atoms with Crippen molar-refractivity contribution in [1.29, 1.82) is 0 Å². The van der Waals surface area contributed by atoms with E-state index in [1.54, 1.807) is 0 Å². The second kappa shape index (κ2) is 4.86. The van der Waals surface area contributed by atoms with Crippen LogP contribution in [0.1, 0.15) is 6.42 Å². The van der Waals surface area contributed by atoms with E-state index in [2.05, 4.69) is 0 Å². The zero-order chi connectivity index (χ0) is 11.6. The van der Waals surface area contributed by atoms with Gasteiger partial charge < -0.3 is 30.5 Å². The van der Waals surface area contributed by atoms with Crippen molar-refractivity contribution >= 4 is 5.91 Å². The van der Waals surface area contributed by atoms with Crippen LogP contribution in [0.3, 0.4) is 0 Å². The van der Waals surface area contributed by atoms with Crippen molar-refractivity contribution in [3.05, 3.63) is 0 Å². The maximum atomic E-state index is 10.6. The monoisotopic (exact) mass is 221 g/mol. The summed E-state index contributed by atoms with van der Waals surface area (Å²) in [5.41, 5.74) is 4.94. The fraction of sp³-hybridized carbons (Fsp3) is 0.875. The summed E-state index contributed by atoms with van der Waals surface area (Å²) < 4.78 is 9.80. The topological polar surface area (TPSA) is 122 Å². The lowest BCUT2D eigenvalue weighted by Gasteiger charge is -2.39. The van der Waals surface area contributed by atoms with Gasteiger partial charge in [0, 0.05) is 7.11 Å². The van der Waals surface area contributed by atoms with Gasteiger partial charge in [0.05, 0.1) is 12.5 Å². The molecule has 88 valence electrons. The van der Waals surface area contributed by atoms with Crippen molar-refractivity contribution < 1.29 is 29.6 Å². The summed E-state index contributed by atoms with van der Waals surface area (Å²) in [5.74, 6) is -0.669. The normalized spacial score (nSPS) is 41.5. The Morgan fingerprint density at radius 3 is 2.40 bits per heavy atom. The van der Waals surface area contributed by atoms with Crippen molar-refractivity contribution in [2.24, 2.45) is 5.73 Å². The van der Waals surface area contributed by atoms with Gasteiger partial charge in [0.15, 0.2) is 6.29 Å². The molecule has 2 unspecified atom stereocenters. The number of carbonyl (C=O) groups excluding carboxylic acids is 1. The zero-order valence-corrected chi connectivity index (χ0v) is 8.24. The van der Waals surface area contributed by atoms with E-state index in [4.69, 9.17) is 15.2 Å². The first kappa shape index (κ1) is 12.3. The van der Waals surface area contributed by atoms with Crippen LogP contribution in [-0.4, -0.2) is 59.0 Å². The number of hydrogen-bond acceptors (Lipinski definition) is 6. The molecule has 1 aliphatic heterocycles. The maximum absolute atomic E-state index is 10.6. The fourth-order valence-corrected chi connectivity index (χ4v) is 1.48. The van der Waals surface area contributed by atoms with Gasteiger partial charge in [-0.2, -0.15) is 0 Å². The number of amides is 1. The van der Waals surface area contributed by atoms with Crippen molar-refractivity contribution in [2.75, 3.05) is 7.11 Å². The molecule has 7 heteroatoms. The molecule has 5 atom stereocenters. The smallest absolute Gasteiger partial charge is 0.220 e. The lowest BCUT2D eigenvalue weighted by Crippen LogP contribution is -2.58. The standard InChI is InChI=1S/C8H15NO6/c1-14-8-7(13)6(12)5(11)3(15-8)2-4(9)10/h3,5-8,11-13H,2H2,1H3,(H2,9,10)/t3?,5?,6-,7-,8+/m0/s1. The molecule has 0 saturated carbocycles. The summed E-state index contributed by atoms with van der Waals surface area (Å²) in [6, 6.07) is 0. The van der Waals surface area contributed by atoms with E-state index in [1.165, 1.54) is 7.11 Å². The molecule has 1 fully saturated rings. The number of hydrogen-bond donors (Lipinski definition) is 4. The molecule has 0 bridgehead atoms. The van der Waals surface area contributed by atoms with Crippen LogP contribution in [-0.2, 0) is 14.3 Å². The Balaban J connectivity index is 2.69. The second-order valence-electron chi connectivity index (χ2n) is 3.42. The molecule has 0 aliphatic carbocycles. The van der Waals surface area contributed by atoms with Crippen LogP contribution in [0, 0.1) is 0 Å². The number of aliphatic hydroxyl groups is 3. The maximum Gasteiger partial charge on any atom is 0.220 e. The Kier molecular flexibility index (Phi) is 4.00. The molecule has 0 radical (unpaired) electrons. The first-order chi connectivity index (χ1) is 6.97. The summed E-state index contributed by atoms with van der Waals surface area (Å²) in [4.78, 5) is 10.6. The second-order valence-corrected chi connectivity index (χ2v) is 3.42. The number of carbonyl (C=O) groups is 1. The molecule has 5 N–H and O–H groups in total. The highest BCUT2D eigenvalue weighted by atomic mass is 16.7. The quantitative estimate of drug-likeness (QED) is 0.412. The first-order valence-corrected chi connectivity index (χ1v) is 4.48. The highest BCUT2D eigenvalue weighted by Gasteiger charge is 2.44. The van der Waals surface area contributed by atoms with Gasteiger partial charge in [-0.3, -0.25) is 4.79 Å². The summed E-state index contributed by atoms with van der Waals surface area (Å²) in [6.45, 7) is 0. The van der Waals surface area contributed by atoms with Gasteiger partial charge in [0.1, 0.15) is 18.3 Å². The summed E-state index contributed by atoms with van der Waals surface area (Å²) in [5, 5.41) is 28.3. The molecule has 15 heavy (non-hydrogen) atoms. The average Bonchev–Trinajstić information content (AvgIpc) is 2.18. The van der Waals surface area contributed by atoms with Crippen LogP contribution in [0.4, 0.5) is 0 Å². The number of methoxy groups -OCH3 is 1. The third-order valence-electron chi connectivity index (χ3n) is 2.30. The predicted octanol–water partition coefficient (Wildman–Crippen LogP) is -2.68. The molecule has 1 saturated heterocycles. The number of aliphatic hydroxyl groups excluding tert-OH is 3. The van der Waals surface area contributed by atoms with E-state index >= 15 is 0 Å². The minimum Gasteiger partial charge on any atom is -0.388 e. The first-order valence-electron chi connectivity index (χ1n) is 4.48. The Morgan fingerprint density at radius 1 is 1.33 bits per heavy atom. The highest BCUT2D eigenvalue weighted by Crippen LogP contribution is 2.23. The molecule has 1 heterocycles. The van der Waals surface area contributed by atoms with E-state index in [0.29, 0.717) is 0 Å². The van der Waals surface area contributed by atoms with Crippen LogP contribution >= 0.6 is 0 Å². The van der Waals surface area contributed by atoms with E-state index in [9.17, 15) is 20.1 Å². The molecule has 1 aliphatic rings. The zero-order valence-electron chi connectivity index (χ0n) is 8.24. The van der Waals surface area contributed by atoms with E-state index in [-0.39, 0.29) is 6.42 Å². The van der Waals surface area contributed by atoms with Gasteiger partial charge in [-0.1, -0.05) is 0 Å². The van der Waals surface area contributed by atoms with Gasteiger partial charge in [-0.05, 0) is 0 Å². The van der Waals surface area contributed by atoms with Crippen LogP contribution in [0.2, 0.25) is 0 Å². The summed E-state index contributed by atoms with van der Waals surface area (Å²) in [6.07, 6.45) is -6.43. The van der Waals surface area contributed by atoms with Crippen molar-refractivity contribution in [3.63, 3.8) is 0 Å². The van der Waals surface area contributed by atoms with E-state index in [1.807, 2.05) is 0 Å². The molecule has 0 aromatic heterocycles. The molecule has 0 spiro atoms. The van der Waals surface area contributed by atoms with Crippen molar-refractivity contribution in [2.45, 2.75) is 37.1 Å². The Bertz CT molecular complexity index is 233. The summed E-state index contributed by atoms with van der Waals surface area (Å²) in [7, 11) is 1.28. The van der Waals surface area contributed by atoms with Gasteiger partial charge in [0.2, 0.25) is 5.91 Å². The molecule has 7 nitrogen and oxygen atoms in total. The van der Waals surface area contributed by atoms with E-state index in [0.717, 1.165) is 0 Å². The number of ether oxygens (including phenoxy) is 2. The van der Waals surface area contributed by atoms with Crippen LogP contribution in [0.15, 0.2) is 0 Å². The Morgan fingerprint density at radius 2 is 1.93 bits per heavy atom. The number of nitrogens with two attached hydrogens (primary N) is 1.